The molecule has 0 saturated carbocycles. The number of hydrogen-bond donors (Lipinski definition) is 0. The van der Waals surface area contributed by atoms with Gasteiger partial charge in [0, 0.05) is 0 Å². The molecule has 84 valence electrons. The van der Waals surface area contributed by atoms with Crippen LogP contribution in [0.25, 0.3) is 0 Å². The predicted octanol–water partition coefficient (Wildman–Crippen LogP) is 5.20. The number of allylic oxidation sites excluding steroid dienone is 1. The van der Waals surface area contributed by atoms with Crippen LogP contribution in [-0.2, 0) is 0 Å². The molecule has 0 spiro atoms. The zero-order valence-corrected chi connectivity index (χ0v) is 10.8. The van der Waals surface area contributed by atoms with Crippen molar-refractivity contribution in [2.24, 2.45) is 11.3 Å². The molecule has 0 rings (SSSR count). The Morgan fingerprint density at radius 1 is 1.29 bits per heavy atom. The molecule has 0 heteroatoms. The summed E-state index contributed by atoms with van der Waals surface area (Å²) in [6, 6.07) is 0. The molecule has 0 aromatic carbocycles. The van der Waals surface area contributed by atoms with Crippen LogP contribution in [0, 0.1) is 11.3 Å². The lowest BCUT2D eigenvalue weighted by atomic mass is 9.71. The summed E-state index contributed by atoms with van der Waals surface area (Å²) in [5.74, 6) is 0.761. The molecule has 0 N–H and O–H groups in total. The summed E-state index contributed by atoms with van der Waals surface area (Å²) < 4.78 is 0. The zero-order valence-electron chi connectivity index (χ0n) is 10.8. The fraction of sp³-hybridized carbons (Fsp3) is 0.857. The zero-order chi connectivity index (χ0) is 11.2. The van der Waals surface area contributed by atoms with Gasteiger partial charge in [0.25, 0.3) is 0 Å². The summed E-state index contributed by atoms with van der Waals surface area (Å²) >= 11 is 0. The van der Waals surface area contributed by atoms with E-state index in [0.29, 0.717) is 5.41 Å². The minimum atomic E-state index is 0.475. The van der Waals surface area contributed by atoms with Crippen molar-refractivity contribution in [3.63, 3.8) is 0 Å². The molecule has 0 radical (unpaired) electrons. The van der Waals surface area contributed by atoms with E-state index in [1.807, 2.05) is 0 Å². The highest BCUT2D eigenvalue weighted by molar-refractivity contribution is 4.99. The molecule has 1 atom stereocenters. The molecule has 0 aromatic rings. The average Bonchev–Trinajstić information content (AvgIpc) is 2.14. The minimum absolute atomic E-state index is 0.475. The molecule has 14 heavy (non-hydrogen) atoms. The third-order valence-electron chi connectivity index (χ3n) is 3.65. The van der Waals surface area contributed by atoms with Gasteiger partial charge >= 0.3 is 0 Å². The smallest absolute Gasteiger partial charge is 0.0266 e. The van der Waals surface area contributed by atoms with Crippen molar-refractivity contribution in [3.05, 3.63) is 12.2 Å². The fourth-order valence-electron chi connectivity index (χ4n) is 1.86. The van der Waals surface area contributed by atoms with Gasteiger partial charge in [0.2, 0.25) is 0 Å². The van der Waals surface area contributed by atoms with E-state index in [1.54, 1.807) is 0 Å². The third-order valence-corrected chi connectivity index (χ3v) is 3.65. The highest BCUT2D eigenvalue weighted by atomic mass is 14.3. The molecule has 0 nitrogen and oxygen atoms in total. The maximum atomic E-state index is 4.15. The van der Waals surface area contributed by atoms with Gasteiger partial charge in [0.1, 0.15) is 0 Å². The molecule has 0 amide bonds. The molecular weight excluding hydrogens is 168 g/mol. The lowest BCUT2D eigenvalue weighted by Crippen LogP contribution is -2.24. The van der Waals surface area contributed by atoms with Gasteiger partial charge in [-0.3, -0.25) is 0 Å². The predicted molar refractivity (Wildman–Crippen MR) is 66.5 cm³/mol. The maximum Gasteiger partial charge on any atom is -0.0266 e. The van der Waals surface area contributed by atoms with Gasteiger partial charge in [-0.25, -0.2) is 0 Å². The molecule has 0 fully saturated rings. The Morgan fingerprint density at radius 2 is 1.86 bits per heavy atom. The van der Waals surface area contributed by atoms with E-state index in [-0.39, 0.29) is 0 Å². The van der Waals surface area contributed by atoms with E-state index in [1.165, 1.54) is 31.3 Å². The molecule has 0 heterocycles. The largest absolute Gasteiger partial charge is 0.0999 e. The van der Waals surface area contributed by atoms with Crippen LogP contribution in [0.3, 0.4) is 0 Å². The average molecular weight is 196 g/mol. The van der Waals surface area contributed by atoms with Crippen molar-refractivity contribution in [3.8, 4) is 0 Å². The molecule has 0 aliphatic carbocycles. The normalized spacial score (nSPS) is 15.6. The van der Waals surface area contributed by atoms with E-state index >= 15 is 0 Å². The Balaban J connectivity index is 4.31. The highest BCUT2D eigenvalue weighted by Gasteiger charge is 2.27. The van der Waals surface area contributed by atoms with E-state index < -0.39 is 0 Å². The van der Waals surface area contributed by atoms with Crippen molar-refractivity contribution in [2.45, 2.75) is 66.7 Å². The second kappa shape index (κ2) is 6.27. The molecule has 0 aliphatic heterocycles. The van der Waals surface area contributed by atoms with E-state index in [0.717, 1.165) is 12.3 Å². The van der Waals surface area contributed by atoms with Crippen LogP contribution in [0.2, 0.25) is 0 Å². The van der Waals surface area contributed by atoms with Gasteiger partial charge in [-0.15, -0.1) is 0 Å². The molecule has 0 aliphatic rings. The Bertz CT molecular complexity index is 167. The van der Waals surface area contributed by atoms with Crippen molar-refractivity contribution >= 4 is 0 Å². The lowest BCUT2D eigenvalue weighted by molar-refractivity contribution is 0.190. The summed E-state index contributed by atoms with van der Waals surface area (Å²) in [6.07, 6.45) is 6.35. The van der Waals surface area contributed by atoms with Crippen LogP contribution in [-0.4, -0.2) is 0 Å². The van der Waals surface area contributed by atoms with Gasteiger partial charge in [-0.1, -0.05) is 59.6 Å². The quantitative estimate of drug-likeness (QED) is 0.491. The number of hydrogen-bond acceptors (Lipinski definition) is 0. The molecule has 0 bridgehead atoms. The SMILES string of the molecule is C=C(CC)CC(C)(CCCC)C(C)C. The maximum absolute atomic E-state index is 4.15. The van der Waals surface area contributed by atoms with Gasteiger partial charge in [0.05, 0.1) is 0 Å². The summed E-state index contributed by atoms with van der Waals surface area (Å²) in [5, 5.41) is 0. The standard InChI is InChI=1S/C14H28/c1-7-9-10-14(6,12(3)4)11-13(5)8-2/h12H,5,7-11H2,1-4,6H3. The van der Waals surface area contributed by atoms with Gasteiger partial charge in [-0.05, 0) is 30.6 Å². The highest BCUT2D eigenvalue weighted by Crippen LogP contribution is 2.39. The van der Waals surface area contributed by atoms with Crippen molar-refractivity contribution in [1.29, 1.82) is 0 Å². The van der Waals surface area contributed by atoms with Gasteiger partial charge < -0.3 is 0 Å². The topological polar surface area (TPSA) is 0 Å². The first-order chi connectivity index (χ1) is 6.46. The first kappa shape index (κ1) is 13.7. The lowest BCUT2D eigenvalue weighted by Gasteiger charge is -2.34. The Labute approximate surface area is 90.8 Å². The monoisotopic (exact) mass is 196 g/mol. The summed E-state index contributed by atoms with van der Waals surface area (Å²) in [7, 11) is 0. The van der Waals surface area contributed by atoms with Crippen LogP contribution >= 0.6 is 0 Å². The Kier molecular flexibility index (Phi) is 6.15. The van der Waals surface area contributed by atoms with E-state index in [2.05, 4.69) is 41.2 Å². The van der Waals surface area contributed by atoms with Crippen molar-refractivity contribution in [2.75, 3.05) is 0 Å². The summed E-state index contributed by atoms with van der Waals surface area (Å²) in [6.45, 7) is 15.7. The fourth-order valence-corrected chi connectivity index (χ4v) is 1.86. The third kappa shape index (κ3) is 4.30. The number of rotatable bonds is 7. The number of unbranched alkanes of at least 4 members (excludes halogenated alkanes) is 1. The molecular formula is C14H28. The Morgan fingerprint density at radius 3 is 2.21 bits per heavy atom. The minimum Gasteiger partial charge on any atom is -0.0999 e. The molecule has 0 saturated heterocycles. The van der Waals surface area contributed by atoms with Gasteiger partial charge in [-0.2, -0.15) is 0 Å². The van der Waals surface area contributed by atoms with Gasteiger partial charge in [0.15, 0.2) is 0 Å². The molecule has 0 aromatic heterocycles. The second-order valence-corrected chi connectivity index (χ2v) is 5.19. The van der Waals surface area contributed by atoms with E-state index in [9.17, 15) is 0 Å². The van der Waals surface area contributed by atoms with Crippen LogP contribution in [0.15, 0.2) is 12.2 Å². The first-order valence-electron chi connectivity index (χ1n) is 6.13. The summed E-state index contributed by atoms with van der Waals surface area (Å²) in [4.78, 5) is 0. The molecule has 1 unspecified atom stereocenters. The van der Waals surface area contributed by atoms with Crippen molar-refractivity contribution < 1.29 is 0 Å². The van der Waals surface area contributed by atoms with Crippen LogP contribution < -0.4 is 0 Å². The van der Waals surface area contributed by atoms with E-state index in [4.69, 9.17) is 0 Å². The van der Waals surface area contributed by atoms with Crippen molar-refractivity contribution in [1.82, 2.24) is 0 Å². The van der Waals surface area contributed by atoms with Crippen LogP contribution in [0.5, 0.6) is 0 Å². The Hall–Kier alpha value is -0.260. The van der Waals surface area contributed by atoms with Crippen LogP contribution in [0.1, 0.15) is 66.7 Å². The van der Waals surface area contributed by atoms with Crippen LogP contribution in [0.4, 0.5) is 0 Å². The first-order valence-corrected chi connectivity index (χ1v) is 6.13. The summed E-state index contributed by atoms with van der Waals surface area (Å²) in [5.41, 5.74) is 1.89. The second-order valence-electron chi connectivity index (χ2n) is 5.19.